The Bertz CT molecular complexity index is 388. The molecule has 0 aliphatic rings. The van der Waals surface area contributed by atoms with Gasteiger partial charge in [0.2, 0.25) is 0 Å². The molecule has 0 spiro atoms. The molecular formula is C12H18N2O4. The van der Waals surface area contributed by atoms with Gasteiger partial charge >= 0.3 is 5.97 Å². The molecule has 100 valence electrons. The van der Waals surface area contributed by atoms with Crippen LogP contribution in [0.5, 0.6) is 0 Å². The highest BCUT2D eigenvalue weighted by Gasteiger charge is 2.21. The summed E-state index contributed by atoms with van der Waals surface area (Å²) in [7, 11) is 1.31. The van der Waals surface area contributed by atoms with E-state index in [-0.39, 0.29) is 13.2 Å². The summed E-state index contributed by atoms with van der Waals surface area (Å²) in [6.07, 6.45) is 1.43. The molecule has 0 bridgehead atoms. The van der Waals surface area contributed by atoms with Crippen LogP contribution < -0.4 is 5.32 Å². The SMILES string of the molecule is COC(=O)c1ccc(CNC(C)(CO)CO)nc1. The topological polar surface area (TPSA) is 91.7 Å². The van der Waals surface area contributed by atoms with Gasteiger partial charge < -0.3 is 20.3 Å². The lowest BCUT2D eigenvalue weighted by atomic mass is 10.1. The van der Waals surface area contributed by atoms with E-state index < -0.39 is 11.5 Å². The average Bonchev–Trinajstić information content (AvgIpc) is 2.44. The van der Waals surface area contributed by atoms with Crippen molar-refractivity contribution in [3.8, 4) is 0 Å². The molecule has 1 aromatic rings. The molecule has 0 aliphatic carbocycles. The second-order valence-electron chi connectivity index (χ2n) is 4.26. The van der Waals surface area contributed by atoms with E-state index in [0.717, 1.165) is 0 Å². The van der Waals surface area contributed by atoms with Gasteiger partial charge in [0.05, 0.1) is 37.1 Å². The molecule has 1 rings (SSSR count). The average molecular weight is 254 g/mol. The number of ether oxygens (including phenoxy) is 1. The van der Waals surface area contributed by atoms with Crippen molar-refractivity contribution in [2.24, 2.45) is 0 Å². The largest absolute Gasteiger partial charge is 0.465 e. The van der Waals surface area contributed by atoms with Crippen molar-refractivity contribution in [2.45, 2.75) is 19.0 Å². The fourth-order valence-corrected chi connectivity index (χ4v) is 1.23. The summed E-state index contributed by atoms with van der Waals surface area (Å²) in [5.74, 6) is -0.433. The summed E-state index contributed by atoms with van der Waals surface area (Å²) >= 11 is 0. The Kier molecular flexibility index (Phi) is 5.21. The van der Waals surface area contributed by atoms with E-state index in [9.17, 15) is 4.79 Å². The lowest BCUT2D eigenvalue weighted by molar-refractivity contribution is 0.0600. The van der Waals surface area contributed by atoms with Gasteiger partial charge in [0.25, 0.3) is 0 Å². The molecule has 0 atom stereocenters. The van der Waals surface area contributed by atoms with Gasteiger partial charge in [-0.2, -0.15) is 0 Å². The Balaban J connectivity index is 2.62. The van der Waals surface area contributed by atoms with Crippen molar-refractivity contribution in [3.63, 3.8) is 0 Å². The molecule has 3 N–H and O–H groups in total. The Morgan fingerprint density at radius 1 is 1.44 bits per heavy atom. The molecule has 0 fully saturated rings. The Hall–Kier alpha value is -1.50. The summed E-state index contributed by atoms with van der Waals surface area (Å²) < 4.78 is 4.56. The number of aliphatic hydroxyl groups excluding tert-OH is 2. The summed E-state index contributed by atoms with van der Waals surface area (Å²) in [4.78, 5) is 15.3. The van der Waals surface area contributed by atoms with Crippen molar-refractivity contribution >= 4 is 5.97 Å². The third-order valence-electron chi connectivity index (χ3n) is 2.64. The highest BCUT2D eigenvalue weighted by atomic mass is 16.5. The minimum atomic E-state index is -0.747. The predicted octanol–water partition coefficient (Wildman–Crippen LogP) is -0.299. The van der Waals surface area contributed by atoms with Crippen LogP contribution in [0.25, 0.3) is 0 Å². The molecule has 6 heteroatoms. The molecule has 0 saturated heterocycles. The number of esters is 1. The molecule has 0 aromatic carbocycles. The van der Waals surface area contributed by atoms with Crippen LogP contribution in [0.3, 0.4) is 0 Å². The molecule has 18 heavy (non-hydrogen) atoms. The number of carbonyl (C=O) groups excluding carboxylic acids is 1. The molecule has 6 nitrogen and oxygen atoms in total. The summed E-state index contributed by atoms with van der Waals surface area (Å²) in [5.41, 5.74) is 0.340. The zero-order valence-electron chi connectivity index (χ0n) is 10.5. The molecule has 0 amide bonds. The van der Waals surface area contributed by atoms with E-state index >= 15 is 0 Å². The van der Waals surface area contributed by atoms with Gasteiger partial charge in [-0.1, -0.05) is 0 Å². The Morgan fingerprint density at radius 3 is 2.56 bits per heavy atom. The van der Waals surface area contributed by atoms with Crippen molar-refractivity contribution in [3.05, 3.63) is 29.6 Å². The number of nitrogens with zero attached hydrogens (tertiary/aromatic N) is 1. The number of carbonyl (C=O) groups is 1. The standard InChI is InChI=1S/C12H18N2O4/c1-12(7-15,8-16)14-6-10-4-3-9(5-13-10)11(17)18-2/h3-5,14-16H,6-8H2,1-2H3. The molecular weight excluding hydrogens is 236 g/mol. The number of rotatable bonds is 6. The first-order valence-corrected chi connectivity index (χ1v) is 5.54. The van der Waals surface area contributed by atoms with Gasteiger partial charge in [-0.3, -0.25) is 4.98 Å². The first-order valence-electron chi connectivity index (χ1n) is 5.54. The Morgan fingerprint density at radius 2 is 2.11 bits per heavy atom. The number of aliphatic hydroxyl groups is 2. The summed E-state index contributed by atoms with van der Waals surface area (Å²) in [6, 6.07) is 3.31. The zero-order valence-corrected chi connectivity index (χ0v) is 10.5. The number of hydrogen-bond donors (Lipinski definition) is 3. The molecule has 0 aliphatic heterocycles. The number of aromatic nitrogens is 1. The predicted molar refractivity (Wildman–Crippen MR) is 65.0 cm³/mol. The molecule has 0 unspecified atom stereocenters. The van der Waals surface area contributed by atoms with Crippen LogP contribution in [0.2, 0.25) is 0 Å². The lowest BCUT2D eigenvalue weighted by Gasteiger charge is -2.26. The smallest absolute Gasteiger partial charge is 0.339 e. The minimum absolute atomic E-state index is 0.177. The first-order chi connectivity index (χ1) is 8.54. The highest BCUT2D eigenvalue weighted by Crippen LogP contribution is 2.05. The van der Waals surface area contributed by atoms with Crippen LogP contribution in [0.15, 0.2) is 18.3 Å². The normalized spacial score (nSPS) is 11.3. The van der Waals surface area contributed by atoms with E-state index in [2.05, 4.69) is 15.0 Å². The zero-order chi connectivity index (χ0) is 13.6. The summed E-state index contributed by atoms with van der Waals surface area (Å²) in [6.45, 7) is 1.74. The second-order valence-corrected chi connectivity index (χ2v) is 4.26. The van der Waals surface area contributed by atoms with Crippen LogP contribution >= 0.6 is 0 Å². The molecule has 1 aromatic heterocycles. The first kappa shape index (κ1) is 14.6. The third kappa shape index (κ3) is 3.76. The van der Waals surface area contributed by atoms with Gasteiger partial charge in [-0.05, 0) is 19.1 Å². The van der Waals surface area contributed by atoms with E-state index in [1.165, 1.54) is 13.3 Å². The van der Waals surface area contributed by atoms with Crippen LogP contribution in [-0.2, 0) is 11.3 Å². The van der Waals surface area contributed by atoms with Crippen molar-refractivity contribution < 1.29 is 19.7 Å². The molecule has 1 heterocycles. The van der Waals surface area contributed by atoms with E-state index in [4.69, 9.17) is 10.2 Å². The quantitative estimate of drug-likeness (QED) is 0.604. The van der Waals surface area contributed by atoms with Gasteiger partial charge in [0.15, 0.2) is 0 Å². The monoisotopic (exact) mass is 254 g/mol. The van der Waals surface area contributed by atoms with Crippen LogP contribution in [0, 0.1) is 0 Å². The second kappa shape index (κ2) is 6.44. The maximum Gasteiger partial charge on any atom is 0.339 e. The van der Waals surface area contributed by atoms with Gasteiger partial charge in [-0.25, -0.2) is 4.79 Å². The van der Waals surface area contributed by atoms with Crippen molar-refractivity contribution in [2.75, 3.05) is 20.3 Å². The van der Waals surface area contributed by atoms with Crippen molar-refractivity contribution in [1.29, 1.82) is 0 Å². The molecule has 0 saturated carbocycles. The van der Waals surface area contributed by atoms with Crippen molar-refractivity contribution in [1.82, 2.24) is 10.3 Å². The third-order valence-corrected chi connectivity index (χ3v) is 2.64. The number of hydrogen-bond acceptors (Lipinski definition) is 6. The fourth-order valence-electron chi connectivity index (χ4n) is 1.23. The van der Waals surface area contributed by atoms with Crippen LogP contribution in [0.1, 0.15) is 23.0 Å². The molecule has 0 radical (unpaired) electrons. The van der Waals surface area contributed by atoms with Crippen LogP contribution in [-0.4, -0.2) is 47.0 Å². The maximum absolute atomic E-state index is 11.2. The maximum atomic E-state index is 11.2. The van der Waals surface area contributed by atoms with E-state index in [1.54, 1.807) is 19.1 Å². The number of nitrogens with one attached hydrogen (secondary N) is 1. The van der Waals surface area contributed by atoms with E-state index in [1.807, 2.05) is 0 Å². The number of methoxy groups -OCH3 is 1. The van der Waals surface area contributed by atoms with Gasteiger partial charge in [0, 0.05) is 12.7 Å². The minimum Gasteiger partial charge on any atom is -0.465 e. The van der Waals surface area contributed by atoms with Crippen LogP contribution in [0.4, 0.5) is 0 Å². The Labute approximate surface area is 106 Å². The number of pyridine rings is 1. The van der Waals surface area contributed by atoms with Gasteiger partial charge in [-0.15, -0.1) is 0 Å². The highest BCUT2D eigenvalue weighted by molar-refractivity contribution is 5.88. The fraction of sp³-hybridized carbons (Fsp3) is 0.500. The van der Waals surface area contributed by atoms with Gasteiger partial charge in [0.1, 0.15) is 0 Å². The van der Waals surface area contributed by atoms with E-state index in [0.29, 0.717) is 17.8 Å². The lowest BCUT2D eigenvalue weighted by Crippen LogP contribution is -2.48. The summed E-state index contributed by atoms with van der Waals surface area (Å²) in [5, 5.41) is 21.2.